The summed E-state index contributed by atoms with van der Waals surface area (Å²) in [7, 11) is 0. The fourth-order valence-corrected chi connectivity index (χ4v) is 0. The molecule has 0 aliphatic heterocycles. The molecule has 0 rings (SSSR count). The van der Waals surface area contributed by atoms with E-state index in [9.17, 15) is 0 Å². The fourth-order valence-electron chi connectivity index (χ4n) is 0. The summed E-state index contributed by atoms with van der Waals surface area (Å²) >= 11 is 0.590. The number of alkyl halides is 2. The maximum Gasteiger partial charge on any atom is 0.261 e. The number of rotatable bonds is 0. The Morgan fingerprint density at radius 2 is 1.25 bits per heavy atom. The topological polar surface area (TPSA) is 30.0 Å². The summed E-state index contributed by atoms with van der Waals surface area (Å²) in [5.74, 6) is 0. The Bertz CT molecular complexity index is 6.00. The molecule has 0 aromatic rings. The second-order valence-electron chi connectivity index (χ2n) is 0.378. The Hall–Kier alpha value is 0.690. The van der Waals surface area contributed by atoms with E-state index in [4.69, 9.17) is 0 Å². The van der Waals surface area contributed by atoms with Crippen LogP contribution in [0.3, 0.4) is 0 Å². The first-order valence-electron chi connectivity index (χ1n) is 0.756. The van der Waals surface area contributed by atoms with Crippen LogP contribution >= 0.6 is 0 Å². The minimum atomic E-state index is 0. The maximum absolute atomic E-state index is 2.24. The molecule has 28 valence electrons. The predicted molar refractivity (Wildman–Crippen MR) is 13.8 cm³/mol. The van der Waals surface area contributed by atoms with Crippen molar-refractivity contribution in [1.82, 2.24) is 0 Å². The molecule has 0 spiro atoms. The third-order valence-electron chi connectivity index (χ3n) is 0. The first-order valence-corrected chi connectivity index (χ1v) is 5.07. The van der Waals surface area contributed by atoms with E-state index in [-0.39, 0.29) is 5.48 Å². The summed E-state index contributed by atoms with van der Waals surface area (Å²) in [4.78, 5) is 4.47. The largest absolute Gasteiger partial charge is 0.870 e. The summed E-state index contributed by atoms with van der Waals surface area (Å²) in [6, 6.07) is 0. The van der Waals surface area contributed by atoms with Crippen LogP contribution in [0.15, 0.2) is 0 Å². The van der Waals surface area contributed by atoms with Gasteiger partial charge in [-0.25, -0.2) is 0 Å². The van der Waals surface area contributed by atoms with Crippen molar-refractivity contribution in [2.45, 2.75) is 0 Å². The van der Waals surface area contributed by atoms with Crippen molar-refractivity contribution in [1.29, 1.82) is 0 Å². The molecule has 1 N–H and O–H groups in total. The Morgan fingerprint density at radius 1 is 1.25 bits per heavy atom. The molecule has 0 amide bonds. The predicted octanol–water partition coefficient (Wildman–Crippen LogP) is -2.84. The average molecular weight is 174 g/mol. The molecule has 2 heteroatoms. The highest BCUT2D eigenvalue weighted by Crippen LogP contribution is 0.388. The lowest BCUT2D eigenvalue weighted by molar-refractivity contribution is -0.597. The van der Waals surface area contributed by atoms with Crippen LogP contribution in [0.1, 0.15) is 0 Å². The quantitative estimate of drug-likeness (QED) is 0.287. The molecule has 0 fully saturated rings. The highest BCUT2D eigenvalue weighted by Gasteiger charge is 1.61. The molecule has 0 aromatic heterocycles. The molecular formula is C2H7IO. The minimum Gasteiger partial charge on any atom is -0.870 e. The van der Waals surface area contributed by atoms with E-state index in [2.05, 4.69) is 9.86 Å². The van der Waals surface area contributed by atoms with Crippen molar-refractivity contribution >= 4 is 0 Å². The smallest absolute Gasteiger partial charge is 0.261 e. The summed E-state index contributed by atoms with van der Waals surface area (Å²) in [6.45, 7) is 0. The zero-order valence-electron chi connectivity index (χ0n) is 2.83. The van der Waals surface area contributed by atoms with Gasteiger partial charge in [-0.3, -0.25) is 0 Å². The molecule has 0 aliphatic rings. The zero-order chi connectivity index (χ0) is 2.71. The molecule has 0 saturated heterocycles. The van der Waals surface area contributed by atoms with Gasteiger partial charge in [0.2, 0.25) is 0 Å². The number of halogens is 1. The van der Waals surface area contributed by atoms with Crippen LogP contribution in [0.2, 0.25) is 0 Å². The summed E-state index contributed by atoms with van der Waals surface area (Å²) in [5, 5.41) is 0. The standard InChI is InChI=1S/C2H6I.H2O/c1-3-2;/h1-2H3;1H2/q+1;/p-1. The van der Waals surface area contributed by atoms with Gasteiger partial charge in [0.05, 0.1) is 0 Å². The maximum atomic E-state index is 2.24. The lowest BCUT2D eigenvalue weighted by Gasteiger charge is -1.22. The van der Waals surface area contributed by atoms with Crippen LogP contribution in [0.4, 0.5) is 0 Å². The Labute approximate surface area is 37.0 Å². The van der Waals surface area contributed by atoms with Gasteiger partial charge in [0, 0.05) is 0 Å². The first kappa shape index (κ1) is 8.83. The van der Waals surface area contributed by atoms with Crippen LogP contribution in [-0.4, -0.2) is 15.3 Å². The number of hydrogen-bond acceptors (Lipinski definition) is 1. The van der Waals surface area contributed by atoms with E-state index in [1.54, 1.807) is 0 Å². The van der Waals surface area contributed by atoms with E-state index >= 15 is 0 Å². The summed E-state index contributed by atoms with van der Waals surface area (Å²) in [6.07, 6.45) is 0. The van der Waals surface area contributed by atoms with Gasteiger partial charge in [-0.15, -0.1) is 0 Å². The normalized spacial score (nSPS) is 4.50. The summed E-state index contributed by atoms with van der Waals surface area (Å²) < 4.78 is 0. The van der Waals surface area contributed by atoms with Gasteiger partial charge in [0.25, 0.3) is 21.2 Å². The lowest BCUT2D eigenvalue weighted by Crippen LogP contribution is -3.59. The second-order valence-corrected chi connectivity index (χ2v) is 2.54. The second kappa shape index (κ2) is 9.35. The van der Waals surface area contributed by atoms with Gasteiger partial charge < -0.3 is 5.48 Å². The molecule has 0 radical (unpaired) electrons. The third kappa shape index (κ3) is 16.1. The monoisotopic (exact) mass is 174 g/mol. The lowest BCUT2D eigenvalue weighted by atomic mass is 12.0. The van der Waals surface area contributed by atoms with Crippen molar-refractivity contribution in [3.63, 3.8) is 0 Å². The fraction of sp³-hybridized carbons (Fsp3) is 1.00. The van der Waals surface area contributed by atoms with Gasteiger partial charge in [0.15, 0.2) is 0 Å². The van der Waals surface area contributed by atoms with Crippen LogP contribution in [0.5, 0.6) is 0 Å². The van der Waals surface area contributed by atoms with Gasteiger partial charge in [0.1, 0.15) is 9.86 Å². The van der Waals surface area contributed by atoms with Crippen LogP contribution in [0.25, 0.3) is 0 Å². The third-order valence-corrected chi connectivity index (χ3v) is 0. The average Bonchev–Trinajstić information content (AvgIpc) is 0.918. The van der Waals surface area contributed by atoms with E-state index in [1.165, 1.54) is 0 Å². The van der Waals surface area contributed by atoms with Crippen LogP contribution in [-0.2, 0) is 0 Å². The molecule has 1 nitrogen and oxygen atoms in total. The van der Waals surface area contributed by atoms with E-state index in [0.717, 1.165) is 0 Å². The van der Waals surface area contributed by atoms with E-state index in [0.29, 0.717) is 21.2 Å². The van der Waals surface area contributed by atoms with Gasteiger partial charge in [-0.1, -0.05) is 0 Å². The Morgan fingerprint density at radius 3 is 1.25 bits per heavy atom. The molecular weight excluding hydrogens is 167 g/mol. The van der Waals surface area contributed by atoms with Crippen molar-refractivity contribution in [2.75, 3.05) is 9.86 Å². The molecule has 0 atom stereocenters. The zero-order valence-corrected chi connectivity index (χ0v) is 4.98. The highest BCUT2D eigenvalue weighted by atomic mass is 127. The first-order chi connectivity index (χ1) is 1.41. The van der Waals surface area contributed by atoms with Crippen molar-refractivity contribution in [3.05, 3.63) is 0 Å². The number of hydrogen-bond donors (Lipinski definition) is 0. The van der Waals surface area contributed by atoms with E-state index in [1.807, 2.05) is 0 Å². The van der Waals surface area contributed by atoms with Crippen molar-refractivity contribution in [3.8, 4) is 0 Å². The van der Waals surface area contributed by atoms with Gasteiger partial charge >= 0.3 is 0 Å². The minimum absolute atomic E-state index is 0. The van der Waals surface area contributed by atoms with Crippen LogP contribution in [0, 0.1) is 0 Å². The highest BCUT2D eigenvalue weighted by molar-refractivity contribution is 3.35. The SMILES string of the molecule is C[I+]C.[OH-]. The van der Waals surface area contributed by atoms with E-state index < -0.39 is 0 Å². The molecule has 0 aromatic carbocycles. The summed E-state index contributed by atoms with van der Waals surface area (Å²) in [5.41, 5.74) is 0. The van der Waals surface area contributed by atoms with Crippen molar-refractivity contribution < 1.29 is 26.7 Å². The molecule has 0 bridgehead atoms. The van der Waals surface area contributed by atoms with Gasteiger partial charge in [-0.2, -0.15) is 0 Å². The molecule has 0 saturated carbocycles. The molecule has 4 heavy (non-hydrogen) atoms. The van der Waals surface area contributed by atoms with Gasteiger partial charge in [-0.05, 0) is 0 Å². The molecule has 0 heterocycles. The molecule has 0 aliphatic carbocycles. The van der Waals surface area contributed by atoms with Crippen molar-refractivity contribution in [2.24, 2.45) is 0 Å². The Kier molecular flexibility index (Phi) is 20.6. The Balaban J connectivity index is 0. The van der Waals surface area contributed by atoms with Crippen LogP contribution < -0.4 is 21.2 Å². The molecule has 0 unspecified atom stereocenters.